The molecule has 0 saturated carbocycles. The van der Waals surface area contributed by atoms with Crippen molar-refractivity contribution in [3.63, 3.8) is 0 Å². The predicted octanol–water partition coefficient (Wildman–Crippen LogP) is 2.31. The molecule has 0 spiro atoms. The second-order valence-electron chi connectivity index (χ2n) is 3.57. The van der Waals surface area contributed by atoms with Crippen molar-refractivity contribution in [3.05, 3.63) is 46.6 Å². The van der Waals surface area contributed by atoms with E-state index in [1.807, 2.05) is 24.3 Å². The molecular weight excluding hydrogens is 238 g/mol. The lowest BCUT2D eigenvalue weighted by Crippen LogP contribution is -2.01. The summed E-state index contributed by atoms with van der Waals surface area (Å²) in [6.45, 7) is 0. The van der Waals surface area contributed by atoms with Gasteiger partial charge in [0, 0.05) is 11.4 Å². The SMILES string of the molecule is COc1nnc(Cc2ccccc2Cl)cc1N. The van der Waals surface area contributed by atoms with Crippen LogP contribution in [-0.4, -0.2) is 17.3 Å². The van der Waals surface area contributed by atoms with E-state index in [1.165, 1.54) is 7.11 Å². The Balaban J connectivity index is 2.25. The minimum atomic E-state index is 0.341. The molecule has 17 heavy (non-hydrogen) atoms. The van der Waals surface area contributed by atoms with Gasteiger partial charge in [-0.3, -0.25) is 0 Å². The minimum Gasteiger partial charge on any atom is -0.478 e. The van der Waals surface area contributed by atoms with Crippen LogP contribution < -0.4 is 10.5 Å². The molecule has 0 unspecified atom stereocenters. The number of ether oxygens (including phenoxy) is 1. The largest absolute Gasteiger partial charge is 0.478 e. The normalized spacial score (nSPS) is 10.2. The van der Waals surface area contributed by atoms with E-state index in [0.717, 1.165) is 11.3 Å². The third kappa shape index (κ3) is 2.65. The Hall–Kier alpha value is -1.81. The maximum absolute atomic E-state index is 6.07. The van der Waals surface area contributed by atoms with Crippen molar-refractivity contribution >= 4 is 17.3 Å². The molecule has 0 aliphatic rings. The molecule has 5 heteroatoms. The first-order chi connectivity index (χ1) is 8.20. The molecule has 2 rings (SSSR count). The number of benzene rings is 1. The van der Waals surface area contributed by atoms with Crippen molar-refractivity contribution in [2.75, 3.05) is 12.8 Å². The van der Waals surface area contributed by atoms with E-state index >= 15 is 0 Å². The van der Waals surface area contributed by atoms with Gasteiger partial charge in [-0.05, 0) is 17.7 Å². The fourth-order valence-electron chi connectivity index (χ4n) is 1.52. The average molecular weight is 250 g/mol. The molecule has 1 aromatic heterocycles. The Morgan fingerprint density at radius 3 is 2.71 bits per heavy atom. The van der Waals surface area contributed by atoms with E-state index in [0.29, 0.717) is 23.0 Å². The molecule has 2 N–H and O–H groups in total. The third-order valence-corrected chi connectivity index (χ3v) is 2.73. The molecule has 4 nitrogen and oxygen atoms in total. The summed E-state index contributed by atoms with van der Waals surface area (Å²) in [7, 11) is 1.51. The van der Waals surface area contributed by atoms with Crippen molar-refractivity contribution in [2.45, 2.75) is 6.42 Å². The summed E-state index contributed by atoms with van der Waals surface area (Å²) in [4.78, 5) is 0. The highest BCUT2D eigenvalue weighted by molar-refractivity contribution is 6.31. The van der Waals surface area contributed by atoms with Crippen LogP contribution in [-0.2, 0) is 6.42 Å². The average Bonchev–Trinajstić information content (AvgIpc) is 2.32. The third-order valence-electron chi connectivity index (χ3n) is 2.36. The molecule has 1 heterocycles. The molecule has 0 aliphatic carbocycles. The van der Waals surface area contributed by atoms with Crippen molar-refractivity contribution in [3.8, 4) is 5.88 Å². The van der Waals surface area contributed by atoms with E-state index in [1.54, 1.807) is 6.07 Å². The molecule has 0 radical (unpaired) electrons. The van der Waals surface area contributed by atoms with Gasteiger partial charge in [0.25, 0.3) is 5.88 Å². The Labute approximate surface area is 104 Å². The predicted molar refractivity (Wildman–Crippen MR) is 67.3 cm³/mol. The van der Waals surface area contributed by atoms with Gasteiger partial charge in [0.05, 0.1) is 18.5 Å². The van der Waals surface area contributed by atoms with Crippen LogP contribution in [0.15, 0.2) is 30.3 Å². The van der Waals surface area contributed by atoms with Crippen LogP contribution in [0.2, 0.25) is 5.02 Å². The maximum Gasteiger partial charge on any atom is 0.256 e. The van der Waals surface area contributed by atoms with Gasteiger partial charge in [-0.2, -0.15) is 5.10 Å². The zero-order valence-electron chi connectivity index (χ0n) is 9.35. The van der Waals surface area contributed by atoms with Crippen LogP contribution in [0.5, 0.6) is 5.88 Å². The number of methoxy groups -OCH3 is 1. The summed E-state index contributed by atoms with van der Waals surface area (Å²) in [5.41, 5.74) is 7.99. The van der Waals surface area contributed by atoms with Gasteiger partial charge in [-0.25, -0.2) is 0 Å². The monoisotopic (exact) mass is 249 g/mol. The van der Waals surface area contributed by atoms with Gasteiger partial charge >= 0.3 is 0 Å². The number of halogens is 1. The number of nitrogen functional groups attached to an aromatic ring is 1. The van der Waals surface area contributed by atoms with E-state index in [9.17, 15) is 0 Å². The molecular formula is C12H12ClN3O. The number of hydrogen-bond donors (Lipinski definition) is 1. The maximum atomic E-state index is 6.07. The second kappa shape index (κ2) is 5.01. The molecule has 0 saturated heterocycles. The smallest absolute Gasteiger partial charge is 0.256 e. The van der Waals surface area contributed by atoms with Crippen LogP contribution in [0.25, 0.3) is 0 Å². The molecule has 0 atom stereocenters. The summed E-state index contributed by atoms with van der Waals surface area (Å²) in [6.07, 6.45) is 0.598. The summed E-state index contributed by atoms with van der Waals surface area (Å²) in [6, 6.07) is 9.36. The van der Waals surface area contributed by atoms with Crippen LogP contribution >= 0.6 is 11.6 Å². The van der Waals surface area contributed by atoms with Gasteiger partial charge < -0.3 is 10.5 Å². The van der Waals surface area contributed by atoms with Gasteiger partial charge in [-0.15, -0.1) is 5.10 Å². The zero-order valence-corrected chi connectivity index (χ0v) is 10.1. The number of rotatable bonds is 3. The molecule has 0 amide bonds. The molecule has 0 fully saturated rings. The van der Waals surface area contributed by atoms with Crippen LogP contribution in [0.3, 0.4) is 0 Å². The fraction of sp³-hybridized carbons (Fsp3) is 0.167. The first-order valence-electron chi connectivity index (χ1n) is 5.10. The zero-order chi connectivity index (χ0) is 12.3. The van der Waals surface area contributed by atoms with Crippen molar-refractivity contribution in [1.29, 1.82) is 0 Å². The first-order valence-corrected chi connectivity index (χ1v) is 5.48. The molecule has 1 aromatic carbocycles. The van der Waals surface area contributed by atoms with Gasteiger partial charge in [0.15, 0.2) is 0 Å². The van der Waals surface area contributed by atoms with Crippen molar-refractivity contribution in [1.82, 2.24) is 10.2 Å². The Kier molecular flexibility index (Phi) is 3.44. The Morgan fingerprint density at radius 1 is 1.29 bits per heavy atom. The number of hydrogen-bond acceptors (Lipinski definition) is 4. The van der Waals surface area contributed by atoms with Crippen LogP contribution in [0, 0.1) is 0 Å². The molecule has 0 aliphatic heterocycles. The van der Waals surface area contributed by atoms with Gasteiger partial charge in [-0.1, -0.05) is 29.8 Å². The number of aromatic nitrogens is 2. The topological polar surface area (TPSA) is 61.0 Å². The lowest BCUT2D eigenvalue weighted by Gasteiger charge is -2.06. The van der Waals surface area contributed by atoms with E-state index in [-0.39, 0.29) is 0 Å². The lowest BCUT2D eigenvalue weighted by molar-refractivity contribution is 0.393. The van der Waals surface area contributed by atoms with Gasteiger partial charge in [0.1, 0.15) is 0 Å². The molecule has 88 valence electrons. The van der Waals surface area contributed by atoms with Crippen molar-refractivity contribution in [2.24, 2.45) is 0 Å². The van der Waals surface area contributed by atoms with Gasteiger partial charge in [0.2, 0.25) is 0 Å². The number of anilines is 1. The van der Waals surface area contributed by atoms with E-state index in [2.05, 4.69) is 10.2 Å². The lowest BCUT2D eigenvalue weighted by atomic mass is 10.1. The van der Waals surface area contributed by atoms with E-state index < -0.39 is 0 Å². The highest BCUT2D eigenvalue weighted by Gasteiger charge is 2.06. The minimum absolute atomic E-state index is 0.341. The first kappa shape index (κ1) is 11.7. The van der Waals surface area contributed by atoms with Crippen molar-refractivity contribution < 1.29 is 4.74 Å². The van der Waals surface area contributed by atoms with Crippen LogP contribution in [0.1, 0.15) is 11.3 Å². The standard InChI is InChI=1S/C12H12ClN3O/c1-17-12-11(14)7-9(15-16-12)6-8-4-2-3-5-10(8)13/h2-5,7H,6H2,1H3,(H2,14,15). The summed E-state index contributed by atoms with van der Waals surface area (Å²) < 4.78 is 4.95. The Bertz CT molecular complexity index is 531. The number of nitrogens with zero attached hydrogens (tertiary/aromatic N) is 2. The Morgan fingerprint density at radius 2 is 2.06 bits per heavy atom. The quantitative estimate of drug-likeness (QED) is 0.907. The van der Waals surface area contributed by atoms with Crippen LogP contribution in [0.4, 0.5) is 5.69 Å². The second-order valence-corrected chi connectivity index (χ2v) is 3.98. The highest BCUT2D eigenvalue weighted by atomic mass is 35.5. The number of nitrogens with two attached hydrogens (primary N) is 1. The summed E-state index contributed by atoms with van der Waals surface area (Å²) in [5.74, 6) is 0.341. The molecule has 2 aromatic rings. The fourth-order valence-corrected chi connectivity index (χ4v) is 1.72. The molecule has 0 bridgehead atoms. The summed E-state index contributed by atoms with van der Waals surface area (Å²) >= 11 is 6.07. The summed E-state index contributed by atoms with van der Waals surface area (Å²) in [5, 5.41) is 8.63. The van der Waals surface area contributed by atoms with E-state index in [4.69, 9.17) is 22.1 Å². The highest BCUT2D eigenvalue weighted by Crippen LogP contribution is 2.21.